The number of nitrogens with one attached hydrogen (secondary N) is 1. The zero-order valence-corrected chi connectivity index (χ0v) is 10.1. The lowest BCUT2D eigenvalue weighted by molar-refractivity contribution is -0.137. The van der Waals surface area contributed by atoms with Gasteiger partial charge in [0.25, 0.3) is 5.91 Å². The molecule has 1 aliphatic heterocycles. The van der Waals surface area contributed by atoms with Crippen LogP contribution in [0.4, 0.5) is 0 Å². The molecule has 0 radical (unpaired) electrons. The second-order valence-corrected chi connectivity index (χ2v) is 4.95. The number of aliphatic hydroxyl groups is 1. The largest absolute Gasteiger partial charge is 0.396 e. The van der Waals surface area contributed by atoms with E-state index < -0.39 is 0 Å². The van der Waals surface area contributed by atoms with Crippen molar-refractivity contribution in [2.45, 2.75) is 0 Å². The summed E-state index contributed by atoms with van der Waals surface area (Å²) in [6.07, 6.45) is 0. The molecule has 0 atom stereocenters. The van der Waals surface area contributed by atoms with Crippen LogP contribution in [0, 0.1) is 5.92 Å². The van der Waals surface area contributed by atoms with Gasteiger partial charge in [-0.1, -0.05) is 6.07 Å². The number of hydrogen-bond donors (Lipinski definition) is 2. The van der Waals surface area contributed by atoms with Crippen LogP contribution >= 0.6 is 11.3 Å². The highest BCUT2D eigenvalue weighted by atomic mass is 32.1. The van der Waals surface area contributed by atoms with Crippen molar-refractivity contribution < 1.29 is 14.7 Å². The Morgan fingerprint density at radius 1 is 1.53 bits per heavy atom. The first-order valence-corrected chi connectivity index (χ1v) is 6.29. The summed E-state index contributed by atoms with van der Waals surface area (Å²) in [5.41, 5.74) is 0. The van der Waals surface area contributed by atoms with Crippen LogP contribution in [0.15, 0.2) is 17.5 Å². The molecule has 2 heterocycles. The molecule has 1 aromatic heterocycles. The summed E-state index contributed by atoms with van der Waals surface area (Å²) < 4.78 is 0. The van der Waals surface area contributed by atoms with Crippen molar-refractivity contribution >= 4 is 23.2 Å². The van der Waals surface area contributed by atoms with Crippen LogP contribution in [0.3, 0.4) is 0 Å². The fourth-order valence-electron chi connectivity index (χ4n) is 1.65. The fraction of sp³-hybridized carbons (Fsp3) is 0.455. The van der Waals surface area contributed by atoms with E-state index >= 15 is 0 Å². The minimum absolute atomic E-state index is 0.0227. The number of aliphatic hydroxyl groups excluding tert-OH is 1. The molecule has 0 aliphatic carbocycles. The maximum absolute atomic E-state index is 11.6. The first kappa shape index (κ1) is 12.1. The van der Waals surface area contributed by atoms with Crippen LogP contribution in [-0.2, 0) is 4.79 Å². The predicted octanol–water partition coefficient (Wildman–Crippen LogP) is -0.0714. The molecular weight excluding hydrogens is 240 g/mol. The number of carbonyl (C=O) groups excluding carboxylic acids is 2. The summed E-state index contributed by atoms with van der Waals surface area (Å²) in [4.78, 5) is 25.4. The quantitative estimate of drug-likeness (QED) is 0.790. The molecule has 0 bridgehead atoms. The van der Waals surface area contributed by atoms with Crippen molar-refractivity contribution in [3.8, 4) is 0 Å². The van der Waals surface area contributed by atoms with Crippen molar-refractivity contribution in [1.29, 1.82) is 0 Å². The number of likely N-dealkylation sites (tertiary alicyclic amines) is 1. The monoisotopic (exact) mass is 254 g/mol. The van der Waals surface area contributed by atoms with E-state index in [2.05, 4.69) is 5.32 Å². The van der Waals surface area contributed by atoms with E-state index in [0.29, 0.717) is 18.0 Å². The number of nitrogens with zero attached hydrogens (tertiary/aromatic N) is 1. The molecule has 2 rings (SSSR count). The molecule has 2 N–H and O–H groups in total. The molecule has 92 valence electrons. The molecule has 17 heavy (non-hydrogen) atoms. The molecule has 0 unspecified atom stereocenters. The molecule has 5 nitrogen and oxygen atoms in total. The topological polar surface area (TPSA) is 69.6 Å². The van der Waals surface area contributed by atoms with Crippen molar-refractivity contribution in [1.82, 2.24) is 10.2 Å². The van der Waals surface area contributed by atoms with Crippen LogP contribution in [0.5, 0.6) is 0 Å². The lowest BCUT2D eigenvalue weighted by Gasteiger charge is -2.38. The average Bonchev–Trinajstić information content (AvgIpc) is 2.77. The van der Waals surface area contributed by atoms with E-state index in [9.17, 15) is 9.59 Å². The molecule has 1 saturated heterocycles. The third kappa shape index (κ3) is 2.83. The van der Waals surface area contributed by atoms with Crippen LogP contribution in [0.2, 0.25) is 0 Å². The standard InChI is InChI=1S/C11H14N2O3S/c14-7-8-5-13(6-8)10(15)4-12-11(16)9-2-1-3-17-9/h1-3,8,14H,4-7H2,(H,12,16). The Morgan fingerprint density at radius 2 is 2.29 bits per heavy atom. The smallest absolute Gasteiger partial charge is 0.261 e. The van der Waals surface area contributed by atoms with Crippen LogP contribution < -0.4 is 5.32 Å². The molecule has 0 aromatic carbocycles. The van der Waals surface area contributed by atoms with Gasteiger partial charge in [-0.25, -0.2) is 0 Å². The van der Waals surface area contributed by atoms with Gasteiger partial charge in [0.05, 0.1) is 11.4 Å². The Hall–Kier alpha value is -1.40. The Bertz CT molecular complexity index is 399. The summed E-state index contributed by atoms with van der Waals surface area (Å²) in [5.74, 6) is -0.112. The minimum atomic E-state index is -0.215. The molecule has 1 aromatic rings. The van der Waals surface area contributed by atoms with Gasteiger partial charge in [-0.05, 0) is 11.4 Å². The Morgan fingerprint density at radius 3 is 2.88 bits per heavy atom. The van der Waals surface area contributed by atoms with Gasteiger partial charge in [-0.3, -0.25) is 9.59 Å². The second-order valence-electron chi connectivity index (χ2n) is 4.01. The fourth-order valence-corrected chi connectivity index (χ4v) is 2.29. The van der Waals surface area contributed by atoms with Crippen molar-refractivity contribution in [2.24, 2.45) is 5.92 Å². The minimum Gasteiger partial charge on any atom is -0.396 e. The first-order valence-electron chi connectivity index (χ1n) is 5.41. The van der Waals surface area contributed by atoms with Gasteiger partial charge < -0.3 is 15.3 Å². The first-order chi connectivity index (χ1) is 8.20. The van der Waals surface area contributed by atoms with E-state index in [1.807, 2.05) is 5.38 Å². The van der Waals surface area contributed by atoms with Gasteiger partial charge in [0.2, 0.25) is 5.91 Å². The second kappa shape index (κ2) is 5.29. The Labute approximate surface area is 103 Å². The highest BCUT2D eigenvalue weighted by Gasteiger charge is 2.29. The summed E-state index contributed by atoms with van der Waals surface area (Å²) in [7, 11) is 0. The number of amides is 2. The summed E-state index contributed by atoms with van der Waals surface area (Å²) in [6.45, 7) is 1.31. The molecular formula is C11H14N2O3S. The van der Waals surface area contributed by atoms with Crippen LogP contribution in [-0.4, -0.2) is 48.1 Å². The van der Waals surface area contributed by atoms with Gasteiger partial charge >= 0.3 is 0 Å². The van der Waals surface area contributed by atoms with Gasteiger partial charge in [0.15, 0.2) is 0 Å². The SMILES string of the molecule is O=C(NCC(=O)N1CC(CO)C1)c1cccs1. The average molecular weight is 254 g/mol. The van der Waals surface area contributed by atoms with E-state index in [0.717, 1.165) is 0 Å². The lowest BCUT2D eigenvalue weighted by atomic mass is 10.0. The van der Waals surface area contributed by atoms with Crippen LogP contribution in [0.1, 0.15) is 9.67 Å². The van der Waals surface area contributed by atoms with Crippen molar-refractivity contribution in [2.75, 3.05) is 26.2 Å². The zero-order valence-electron chi connectivity index (χ0n) is 9.26. The van der Waals surface area contributed by atoms with Gasteiger partial charge in [-0.15, -0.1) is 11.3 Å². The van der Waals surface area contributed by atoms with E-state index in [1.165, 1.54) is 11.3 Å². The van der Waals surface area contributed by atoms with Gasteiger partial charge in [0, 0.05) is 25.6 Å². The highest BCUT2D eigenvalue weighted by Crippen LogP contribution is 2.14. The predicted molar refractivity (Wildman–Crippen MR) is 63.8 cm³/mol. The molecule has 0 spiro atoms. The molecule has 6 heteroatoms. The Kier molecular flexibility index (Phi) is 3.75. The molecule has 2 amide bonds. The Balaban J connectivity index is 1.72. The van der Waals surface area contributed by atoms with E-state index in [4.69, 9.17) is 5.11 Å². The van der Waals surface area contributed by atoms with E-state index in [1.54, 1.807) is 17.0 Å². The molecule has 1 aliphatic rings. The number of carbonyl (C=O) groups is 2. The normalized spacial score (nSPS) is 15.5. The summed E-state index contributed by atoms with van der Waals surface area (Å²) in [5, 5.41) is 13.2. The number of thiophene rings is 1. The lowest BCUT2D eigenvalue weighted by Crippen LogP contribution is -2.54. The number of rotatable bonds is 4. The molecule has 0 saturated carbocycles. The van der Waals surface area contributed by atoms with Gasteiger partial charge in [0.1, 0.15) is 0 Å². The van der Waals surface area contributed by atoms with Crippen molar-refractivity contribution in [3.05, 3.63) is 22.4 Å². The third-order valence-corrected chi connectivity index (χ3v) is 3.58. The number of hydrogen-bond acceptors (Lipinski definition) is 4. The zero-order chi connectivity index (χ0) is 12.3. The molecule has 1 fully saturated rings. The maximum Gasteiger partial charge on any atom is 0.261 e. The highest BCUT2D eigenvalue weighted by molar-refractivity contribution is 7.12. The maximum atomic E-state index is 11.6. The van der Waals surface area contributed by atoms with Crippen LogP contribution in [0.25, 0.3) is 0 Å². The summed E-state index contributed by atoms with van der Waals surface area (Å²) >= 11 is 1.34. The third-order valence-electron chi connectivity index (χ3n) is 2.71. The summed E-state index contributed by atoms with van der Waals surface area (Å²) in [6, 6.07) is 3.51. The van der Waals surface area contributed by atoms with Gasteiger partial charge in [-0.2, -0.15) is 0 Å². The van der Waals surface area contributed by atoms with E-state index in [-0.39, 0.29) is 30.9 Å². The van der Waals surface area contributed by atoms with Crippen molar-refractivity contribution in [3.63, 3.8) is 0 Å².